The van der Waals surface area contributed by atoms with Crippen molar-refractivity contribution in [3.8, 4) is 10.6 Å². The SMILES string of the molecule is CC[C@H](C)NCCC(=O)Nc1sc2c(c1-c1nc3ccccc3s1)CCN(C1CC1)C2. The predicted octanol–water partition coefficient (Wildman–Crippen LogP) is 5.26. The smallest absolute Gasteiger partial charge is 0.226 e. The molecule has 2 aliphatic rings. The molecule has 5 rings (SSSR count). The van der Waals surface area contributed by atoms with Crippen molar-refractivity contribution in [1.29, 1.82) is 0 Å². The number of thiazole rings is 1. The summed E-state index contributed by atoms with van der Waals surface area (Å²) >= 11 is 3.49. The van der Waals surface area contributed by atoms with Crippen molar-refractivity contribution in [1.82, 2.24) is 15.2 Å². The fourth-order valence-electron chi connectivity index (χ4n) is 4.23. The van der Waals surface area contributed by atoms with Gasteiger partial charge in [0.15, 0.2) is 0 Å². The van der Waals surface area contributed by atoms with Crippen molar-refractivity contribution in [3.63, 3.8) is 0 Å². The van der Waals surface area contributed by atoms with Gasteiger partial charge in [-0.25, -0.2) is 4.98 Å². The average Bonchev–Trinajstić information content (AvgIpc) is 3.44. The molecule has 1 aliphatic heterocycles. The lowest BCUT2D eigenvalue weighted by molar-refractivity contribution is -0.116. The van der Waals surface area contributed by atoms with Gasteiger partial charge < -0.3 is 10.6 Å². The van der Waals surface area contributed by atoms with Crippen molar-refractivity contribution in [2.45, 2.75) is 64.6 Å². The number of carbonyl (C=O) groups is 1. The first-order valence-electron chi connectivity index (χ1n) is 11.4. The first kappa shape index (κ1) is 21.1. The van der Waals surface area contributed by atoms with E-state index >= 15 is 0 Å². The van der Waals surface area contributed by atoms with Gasteiger partial charge in [-0.2, -0.15) is 0 Å². The van der Waals surface area contributed by atoms with Crippen LogP contribution >= 0.6 is 22.7 Å². The number of benzene rings is 1. The number of aromatic nitrogens is 1. The summed E-state index contributed by atoms with van der Waals surface area (Å²) < 4.78 is 1.20. The highest BCUT2D eigenvalue weighted by Gasteiger charge is 2.34. The van der Waals surface area contributed by atoms with Crippen molar-refractivity contribution < 1.29 is 4.79 Å². The highest BCUT2D eigenvalue weighted by molar-refractivity contribution is 7.22. The zero-order valence-electron chi connectivity index (χ0n) is 18.2. The van der Waals surface area contributed by atoms with Crippen molar-refractivity contribution in [3.05, 3.63) is 34.7 Å². The van der Waals surface area contributed by atoms with Gasteiger partial charge in [-0.15, -0.1) is 22.7 Å². The van der Waals surface area contributed by atoms with Crippen LogP contribution in [0.4, 0.5) is 5.00 Å². The molecule has 1 atom stereocenters. The van der Waals surface area contributed by atoms with Crippen LogP contribution in [0.5, 0.6) is 0 Å². The van der Waals surface area contributed by atoms with Crippen LogP contribution in [0.25, 0.3) is 20.8 Å². The summed E-state index contributed by atoms with van der Waals surface area (Å²) in [5.74, 6) is 0.0795. The summed E-state index contributed by atoms with van der Waals surface area (Å²) in [5, 5.41) is 8.68. The lowest BCUT2D eigenvalue weighted by atomic mass is 10.0. The Balaban J connectivity index is 1.43. The Bertz CT molecular complexity index is 1050. The number of anilines is 1. The van der Waals surface area contributed by atoms with Crippen molar-refractivity contribution in [2.24, 2.45) is 0 Å². The lowest BCUT2D eigenvalue weighted by Crippen LogP contribution is -2.31. The van der Waals surface area contributed by atoms with Gasteiger partial charge in [0.25, 0.3) is 0 Å². The van der Waals surface area contributed by atoms with Crippen LogP contribution < -0.4 is 10.6 Å². The molecule has 0 bridgehead atoms. The molecule has 31 heavy (non-hydrogen) atoms. The predicted molar refractivity (Wildman–Crippen MR) is 131 cm³/mol. The zero-order chi connectivity index (χ0) is 21.4. The highest BCUT2D eigenvalue weighted by Crippen LogP contribution is 2.46. The molecule has 3 aromatic rings. The third kappa shape index (κ3) is 4.55. The van der Waals surface area contributed by atoms with Gasteiger partial charge in [-0.05, 0) is 50.3 Å². The van der Waals surface area contributed by atoms with E-state index in [9.17, 15) is 4.79 Å². The fraction of sp³-hybridized carbons (Fsp3) is 0.500. The van der Waals surface area contributed by atoms with Gasteiger partial charge in [0.1, 0.15) is 10.0 Å². The molecule has 5 nitrogen and oxygen atoms in total. The standard InChI is InChI=1S/C24H30N4OS2/c1-3-15(2)25-12-10-21(29)27-24-22(23-26-18-6-4-5-7-19(18)30-23)17-11-13-28(16-8-9-16)14-20(17)31-24/h4-7,15-16,25H,3,8-14H2,1-2H3,(H,27,29)/t15-/m0/s1. The molecular weight excluding hydrogens is 424 g/mol. The number of hydrogen-bond acceptors (Lipinski definition) is 6. The van der Waals surface area contributed by atoms with Crippen molar-refractivity contribution in [2.75, 3.05) is 18.4 Å². The molecule has 2 N–H and O–H groups in total. The fourth-order valence-corrected chi connectivity index (χ4v) is 6.63. The van der Waals surface area contributed by atoms with Crippen LogP contribution in [-0.4, -0.2) is 41.0 Å². The molecule has 1 fully saturated rings. The molecule has 2 aromatic heterocycles. The number of carbonyl (C=O) groups excluding carboxylic acids is 1. The second-order valence-corrected chi connectivity index (χ2v) is 10.8. The Morgan fingerprint density at radius 2 is 2.13 bits per heavy atom. The number of rotatable bonds is 8. The second-order valence-electron chi connectivity index (χ2n) is 8.71. The number of fused-ring (bicyclic) bond motifs is 2. The molecule has 7 heteroatoms. The maximum Gasteiger partial charge on any atom is 0.226 e. The van der Waals surface area contributed by atoms with Crippen LogP contribution in [0, 0.1) is 0 Å². The van der Waals surface area contributed by atoms with Gasteiger partial charge >= 0.3 is 0 Å². The van der Waals surface area contributed by atoms with E-state index in [1.807, 2.05) is 6.07 Å². The highest BCUT2D eigenvalue weighted by atomic mass is 32.1. The summed E-state index contributed by atoms with van der Waals surface area (Å²) in [6.07, 6.45) is 5.26. The Morgan fingerprint density at radius 1 is 1.29 bits per heavy atom. The second kappa shape index (κ2) is 8.98. The number of amides is 1. The number of nitrogens with one attached hydrogen (secondary N) is 2. The van der Waals surface area contributed by atoms with Crippen LogP contribution in [-0.2, 0) is 17.8 Å². The van der Waals surface area contributed by atoms with Crippen LogP contribution in [0.3, 0.4) is 0 Å². The van der Waals surface area contributed by atoms with Gasteiger partial charge in [0, 0.05) is 48.6 Å². The normalized spacial score (nSPS) is 17.6. The third-order valence-electron chi connectivity index (χ3n) is 6.37. The average molecular weight is 455 g/mol. The van der Waals surface area contributed by atoms with E-state index in [1.165, 1.54) is 33.5 Å². The van der Waals surface area contributed by atoms with Crippen LogP contribution in [0.2, 0.25) is 0 Å². The molecule has 1 aromatic carbocycles. The minimum Gasteiger partial charge on any atom is -0.317 e. The number of thiophene rings is 1. The largest absolute Gasteiger partial charge is 0.317 e. The van der Waals surface area contributed by atoms with Crippen molar-refractivity contribution >= 4 is 43.8 Å². The van der Waals surface area contributed by atoms with Gasteiger partial charge in [0.05, 0.1) is 10.2 Å². The molecule has 1 amide bonds. The summed E-state index contributed by atoms with van der Waals surface area (Å²) in [6, 6.07) is 9.51. The number of hydrogen-bond donors (Lipinski definition) is 2. The maximum atomic E-state index is 12.8. The Morgan fingerprint density at radius 3 is 2.90 bits per heavy atom. The van der Waals surface area contributed by atoms with E-state index in [4.69, 9.17) is 4.98 Å². The molecule has 1 aliphatic carbocycles. The molecule has 0 spiro atoms. The summed E-state index contributed by atoms with van der Waals surface area (Å²) in [4.78, 5) is 21.7. The Hall–Kier alpha value is -1.80. The van der Waals surface area contributed by atoms with Crippen LogP contribution in [0.15, 0.2) is 24.3 Å². The van der Waals surface area contributed by atoms with E-state index < -0.39 is 0 Å². The molecule has 1 saturated carbocycles. The number of nitrogens with zero attached hydrogens (tertiary/aromatic N) is 2. The summed E-state index contributed by atoms with van der Waals surface area (Å²) in [7, 11) is 0. The van der Waals surface area contributed by atoms with Gasteiger partial charge in [-0.3, -0.25) is 9.69 Å². The van der Waals surface area contributed by atoms with E-state index in [0.717, 1.165) is 47.5 Å². The molecular formula is C24H30N4OS2. The van der Waals surface area contributed by atoms with E-state index in [1.54, 1.807) is 22.7 Å². The quantitative estimate of drug-likeness (QED) is 0.487. The minimum absolute atomic E-state index is 0.0795. The van der Waals surface area contributed by atoms with Gasteiger partial charge in [0.2, 0.25) is 5.91 Å². The van der Waals surface area contributed by atoms with E-state index in [0.29, 0.717) is 19.0 Å². The molecule has 3 heterocycles. The lowest BCUT2D eigenvalue weighted by Gasteiger charge is -2.26. The molecule has 164 valence electrons. The molecule has 0 unspecified atom stereocenters. The maximum absolute atomic E-state index is 12.8. The summed E-state index contributed by atoms with van der Waals surface area (Å²) in [6.45, 7) is 7.13. The minimum atomic E-state index is 0.0795. The third-order valence-corrected chi connectivity index (χ3v) is 8.55. The van der Waals surface area contributed by atoms with Gasteiger partial charge in [-0.1, -0.05) is 19.1 Å². The Labute approximate surface area is 191 Å². The van der Waals surface area contributed by atoms with Crippen LogP contribution in [0.1, 0.15) is 50.0 Å². The van der Waals surface area contributed by atoms with E-state index in [-0.39, 0.29) is 5.91 Å². The number of para-hydroxylation sites is 1. The van der Waals surface area contributed by atoms with E-state index in [2.05, 4.69) is 47.6 Å². The molecule has 0 radical (unpaired) electrons. The first-order valence-corrected chi connectivity index (χ1v) is 13.0. The topological polar surface area (TPSA) is 57.3 Å². The first-order chi connectivity index (χ1) is 15.1. The summed E-state index contributed by atoms with van der Waals surface area (Å²) in [5.41, 5.74) is 3.60. The monoisotopic (exact) mass is 454 g/mol. The zero-order valence-corrected chi connectivity index (χ0v) is 19.9. The molecule has 0 saturated heterocycles. The Kier molecular flexibility index (Phi) is 6.10.